The maximum Gasteiger partial charge on any atom is 0.268 e. The largest absolute Gasteiger partial charge is 0.493 e. The Morgan fingerprint density at radius 1 is 1.24 bits per heavy atom. The Morgan fingerprint density at radius 2 is 2.00 bits per heavy atom. The molecule has 0 spiro atoms. The summed E-state index contributed by atoms with van der Waals surface area (Å²) in [6.45, 7) is 4.14. The lowest BCUT2D eigenvalue weighted by Crippen LogP contribution is -2.33. The number of benzene rings is 1. The van der Waals surface area contributed by atoms with Gasteiger partial charge in [-0.25, -0.2) is 4.68 Å². The van der Waals surface area contributed by atoms with Crippen LogP contribution in [0.1, 0.15) is 17.5 Å². The molecule has 0 aliphatic heterocycles. The van der Waals surface area contributed by atoms with Crippen LogP contribution >= 0.6 is 0 Å². The minimum Gasteiger partial charge on any atom is -0.493 e. The van der Waals surface area contributed by atoms with Crippen LogP contribution in [0.4, 0.5) is 5.69 Å². The molecule has 1 aromatic carbocycles. The van der Waals surface area contributed by atoms with Gasteiger partial charge < -0.3 is 10.5 Å². The van der Waals surface area contributed by atoms with E-state index in [0.717, 1.165) is 0 Å². The molecule has 6 heteroatoms. The van der Waals surface area contributed by atoms with Gasteiger partial charge in [-0.3, -0.25) is 14.7 Å². The quantitative estimate of drug-likeness (QED) is 0.639. The summed E-state index contributed by atoms with van der Waals surface area (Å²) in [5.74, 6) is 0.691. The highest BCUT2D eigenvalue weighted by Gasteiger charge is 2.06. The van der Waals surface area contributed by atoms with E-state index in [1.54, 1.807) is 26.0 Å². The van der Waals surface area contributed by atoms with E-state index in [2.05, 4.69) is 5.10 Å². The molecule has 0 saturated heterocycles. The van der Waals surface area contributed by atoms with Crippen molar-refractivity contribution in [1.29, 1.82) is 0 Å². The van der Waals surface area contributed by atoms with E-state index in [1.807, 2.05) is 12.1 Å². The molecule has 0 radical (unpaired) electrons. The number of nitrogens with two attached hydrogens (primary N) is 1. The van der Waals surface area contributed by atoms with Crippen molar-refractivity contribution in [3.8, 4) is 5.75 Å². The standard InChI is InChI=1S/C15H19N3O3/c1-10-11(2)15(20)18(17-14(10)19)7-4-8-21-13-6-3-5-12(16)9-13/h3,5-6,9H,4,7-8,16H2,1-2H3,(H,17,19). The topological polar surface area (TPSA) is 90.1 Å². The summed E-state index contributed by atoms with van der Waals surface area (Å²) in [5.41, 5.74) is 6.84. The van der Waals surface area contributed by atoms with Gasteiger partial charge in [0, 0.05) is 35.8 Å². The average Bonchev–Trinajstić information content (AvgIpc) is 2.46. The van der Waals surface area contributed by atoms with E-state index in [4.69, 9.17) is 10.5 Å². The fraction of sp³-hybridized carbons (Fsp3) is 0.333. The zero-order chi connectivity index (χ0) is 15.4. The molecule has 3 N–H and O–H groups in total. The van der Waals surface area contributed by atoms with Crippen LogP contribution in [0.2, 0.25) is 0 Å². The molecule has 0 atom stereocenters. The van der Waals surface area contributed by atoms with Crippen molar-refractivity contribution in [3.63, 3.8) is 0 Å². The Balaban J connectivity index is 1.96. The van der Waals surface area contributed by atoms with Crippen molar-refractivity contribution >= 4 is 5.69 Å². The van der Waals surface area contributed by atoms with Gasteiger partial charge in [0.05, 0.1) is 6.61 Å². The number of aryl methyl sites for hydroxylation is 1. The predicted molar refractivity (Wildman–Crippen MR) is 81.8 cm³/mol. The maximum absolute atomic E-state index is 12.0. The first-order valence-electron chi connectivity index (χ1n) is 6.77. The minimum absolute atomic E-state index is 0.170. The summed E-state index contributed by atoms with van der Waals surface area (Å²) in [7, 11) is 0. The Bertz CT molecular complexity index is 747. The number of hydrogen-bond acceptors (Lipinski definition) is 4. The second-order valence-electron chi connectivity index (χ2n) is 4.92. The van der Waals surface area contributed by atoms with Crippen molar-refractivity contribution in [2.24, 2.45) is 0 Å². The van der Waals surface area contributed by atoms with Gasteiger partial charge in [0.25, 0.3) is 11.1 Å². The molecule has 2 aromatic rings. The highest BCUT2D eigenvalue weighted by atomic mass is 16.5. The third kappa shape index (κ3) is 3.53. The summed E-state index contributed by atoms with van der Waals surface area (Å²) < 4.78 is 6.87. The van der Waals surface area contributed by atoms with Crippen LogP contribution in [0.5, 0.6) is 5.75 Å². The highest BCUT2D eigenvalue weighted by Crippen LogP contribution is 2.14. The van der Waals surface area contributed by atoms with Crippen LogP contribution in [0.15, 0.2) is 33.9 Å². The van der Waals surface area contributed by atoms with Crippen LogP contribution in [0, 0.1) is 13.8 Å². The SMILES string of the molecule is Cc1c(C)c(=O)n(CCCOc2cccc(N)c2)[nH]c1=O. The van der Waals surface area contributed by atoms with Gasteiger partial charge in [-0.1, -0.05) is 6.07 Å². The molecule has 2 rings (SSSR count). The van der Waals surface area contributed by atoms with Crippen molar-refractivity contribution in [3.05, 3.63) is 56.1 Å². The van der Waals surface area contributed by atoms with E-state index in [9.17, 15) is 9.59 Å². The van der Waals surface area contributed by atoms with Gasteiger partial charge in [0.2, 0.25) is 0 Å². The summed E-state index contributed by atoms with van der Waals surface area (Å²) >= 11 is 0. The van der Waals surface area contributed by atoms with Gasteiger partial charge in [-0.05, 0) is 26.0 Å². The molecule has 1 aromatic heterocycles. The number of aromatic nitrogens is 2. The van der Waals surface area contributed by atoms with E-state index < -0.39 is 0 Å². The van der Waals surface area contributed by atoms with Crippen LogP contribution in [-0.2, 0) is 6.54 Å². The molecule has 6 nitrogen and oxygen atoms in total. The smallest absolute Gasteiger partial charge is 0.268 e. The fourth-order valence-electron chi connectivity index (χ4n) is 1.96. The first kappa shape index (κ1) is 14.9. The number of rotatable bonds is 5. The molecule has 112 valence electrons. The molecule has 0 unspecified atom stereocenters. The number of nitrogens with one attached hydrogen (secondary N) is 1. The lowest BCUT2D eigenvalue weighted by Gasteiger charge is -2.09. The lowest BCUT2D eigenvalue weighted by molar-refractivity contribution is 0.296. The third-order valence-corrected chi connectivity index (χ3v) is 3.36. The summed E-state index contributed by atoms with van der Waals surface area (Å²) in [6, 6.07) is 7.16. The second kappa shape index (κ2) is 6.30. The summed E-state index contributed by atoms with van der Waals surface area (Å²) in [5, 5.41) is 2.57. The van der Waals surface area contributed by atoms with Gasteiger partial charge >= 0.3 is 0 Å². The Kier molecular flexibility index (Phi) is 4.47. The third-order valence-electron chi connectivity index (χ3n) is 3.36. The Labute approximate surface area is 122 Å². The van der Waals surface area contributed by atoms with Crippen LogP contribution < -0.4 is 21.6 Å². The molecule has 0 aliphatic rings. The molecule has 0 fully saturated rings. The number of nitrogen functional groups attached to an aromatic ring is 1. The highest BCUT2D eigenvalue weighted by molar-refractivity contribution is 5.43. The van der Waals surface area contributed by atoms with Gasteiger partial charge in [0.1, 0.15) is 5.75 Å². The number of nitrogens with zero attached hydrogens (tertiary/aromatic N) is 1. The van der Waals surface area contributed by atoms with E-state index in [-0.39, 0.29) is 11.1 Å². The molecule has 0 bridgehead atoms. The Morgan fingerprint density at radius 3 is 2.71 bits per heavy atom. The fourth-order valence-corrected chi connectivity index (χ4v) is 1.96. The molecule has 0 saturated carbocycles. The van der Waals surface area contributed by atoms with Crippen molar-refractivity contribution < 1.29 is 4.74 Å². The van der Waals surface area contributed by atoms with E-state index in [1.165, 1.54) is 4.68 Å². The zero-order valence-corrected chi connectivity index (χ0v) is 12.2. The number of aromatic amines is 1. The van der Waals surface area contributed by atoms with Gasteiger partial charge in [-0.2, -0.15) is 0 Å². The molecule has 21 heavy (non-hydrogen) atoms. The van der Waals surface area contributed by atoms with Crippen molar-refractivity contribution in [1.82, 2.24) is 9.78 Å². The van der Waals surface area contributed by atoms with E-state index >= 15 is 0 Å². The molecule has 0 amide bonds. The molecular weight excluding hydrogens is 270 g/mol. The second-order valence-corrected chi connectivity index (χ2v) is 4.92. The van der Waals surface area contributed by atoms with Crippen LogP contribution in [0.3, 0.4) is 0 Å². The van der Waals surface area contributed by atoms with Crippen molar-refractivity contribution in [2.75, 3.05) is 12.3 Å². The summed E-state index contributed by atoms with van der Waals surface area (Å²) in [4.78, 5) is 23.6. The molecule has 0 aliphatic carbocycles. The normalized spacial score (nSPS) is 10.6. The van der Waals surface area contributed by atoms with Crippen LogP contribution in [-0.4, -0.2) is 16.4 Å². The summed E-state index contributed by atoms with van der Waals surface area (Å²) in [6.07, 6.45) is 0.604. The predicted octanol–water partition coefficient (Wildman–Crippen LogP) is 1.20. The van der Waals surface area contributed by atoms with E-state index in [0.29, 0.717) is 42.1 Å². The van der Waals surface area contributed by atoms with Crippen LogP contribution in [0.25, 0.3) is 0 Å². The number of ether oxygens (including phenoxy) is 1. The number of anilines is 1. The number of H-pyrrole nitrogens is 1. The Hall–Kier alpha value is -2.50. The first-order chi connectivity index (χ1) is 9.99. The average molecular weight is 289 g/mol. The van der Waals surface area contributed by atoms with Gasteiger partial charge in [0.15, 0.2) is 0 Å². The molecular formula is C15H19N3O3. The molecule has 1 heterocycles. The maximum atomic E-state index is 12.0. The monoisotopic (exact) mass is 289 g/mol. The van der Waals surface area contributed by atoms with Gasteiger partial charge in [-0.15, -0.1) is 0 Å². The minimum atomic E-state index is -0.233. The lowest BCUT2D eigenvalue weighted by atomic mass is 10.2. The van der Waals surface area contributed by atoms with Crippen molar-refractivity contribution in [2.45, 2.75) is 26.8 Å². The first-order valence-corrected chi connectivity index (χ1v) is 6.77. The zero-order valence-electron chi connectivity index (χ0n) is 12.2. The number of hydrogen-bond donors (Lipinski definition) is 2.